The number of benzene rings is 2. The second-order valence-electron chi connectivity index (χ2n) is 7.37. The summed E-state index contributed by atoms with van der Waals surface area (Å²) in [6.45, 7) is 9.28. The van der Waals surface area contributed by atoms with E-state index in [0.29, 0.717) is 18.0 Å². The fourth-order valence-electron chi connectivity index (χ4n) is 4.04. The minimum Gasteiger partial charge on any atom is -0.496 e. The van der Waals surface area contributed by atoms with Crippen molar-refractivity contribution in [3.8, 4) is 5.75 Å². The number of ether oxygens (including phenoxy) is 1. The van der Waals surface area contributed by atoms with Gasteiger partial charge in [-0.1, -0.05) is 29.8 Å². The number of aryl methyl sites for hydroxylation is 3. The van der Waals surface area contributed by atoms with Gasteiger partial charge in [-0.15, -0.1) is 0 Å². The second-order valence-corrected chi connectivity index (χ2v) is 9.25. The largest absolute Gasteiger partial charge is 0.496 e. The molecule has 1 fully saturated rings. The molecule has 1 aliphatic heterocycles. The Bertz CT molecular complexity index is 894. The van der Waals surface area contributed by atoms with Crippen molar-refractivity contribution >= 4 is 10.0 Å². The zero-order valence-electron chi connectivity index (χ0n) is 16.6. The third-order valence-corrected chi connectivity index (χ3v) is 7.47. The molecule has 0 radical (unpaired) electrons. The zero-order chi connectivity index (χ0) is 19.6. The van der Waals surface area contributed by atoms with Crippen molar-refractivity contribution < 1.29 is 18.1 Å². The van der Waals surface area contributed by atoms with Crippen LogP contribution in [0.1, 0.15) is 22.3 Å². The number of rotatable bonds is 5. The molecule has 1 heterocycles. The number of sulfonamides is 1. The van der Waals surface area contributed by atoms with Gasteiger partial charge in [0.1, 0.15) is 12.3 Å². The van der Waals surface area contributed by atoms with E-state index in [-0.39, 0.29) is 0 Å². The molecule has 6 heteroatoms. The predicted octanol–water partition coefficient (Wildman–Crippen LogP) is 1.71. The molecule has 2 aromatic rings. The van der Waals surface area contributed by atoms with Crippen LogP contribution < -0.4 is 9.64 Å². The third-order valence-electron chi connectivity index (χ3n) is 5.27. The Balaban J connectivity index is 1.72. The summed E-state index contributed by atoms with van der Waals surface area (Å²) in [6, 6.07) is 11.9. The van der Waals surface area contributed by atoms with Crippen LogP contribution >= 0.6 is 0 Å². The molecule has 0 atom stereocenters. The predicted molar refractivity (Wildman–Crippen MR) is 107 cm³/mol. The average molecular weight is 390 g/mol. The smallest absolute Gasteiger partial charge is 0.244 e. The lowest BCUT2D eigenvalue weighted by Gasteiger charge is -2.32. The molecule has 5 nitrogen and oxygen atoms in total. The molecule has 1 aliphatic rings. The second kappa shape index (κ2) is 8.00. The van der Waals surface area contributed by atoms with Gasteiger partial charge in [-0.3, -0.25) is 0 Å². The first-order valence-corrected chi connectivity index (χ1v) is 10.8. The number of methoxy groups -OCH3 is 1. The highest BCUT2D eigenvalue weighted by molar-refractivity contribution is 7.89. The first-order chi connectivity index (χ1) is 12.8. The van der Waals surface area contributed by atoms with Gasteiger partial charge in [0.05, 0.1) is 38.2 Å². The van der Waals surface area contributed by atoms with E-state index in [9.17, 15) is 8.42 Å². The minimum absolute atomic E-state index is 0.473. The monoisotopic (exact) mass is 389 g/mol. The van der Waals surface area contributed by atoms with Crippen LogP contribution in [0.25, 0.3) is 0 Å². The summed E-state index contributed by atoms with van der Waals surface area (Å²) in [5, 5.41) is 0. The summed E-state index contributed by atoms with van der Waals surface area (Å²) in [6.07, 6.45) is 0. The Hall–Kier alpha value is -1.89. The Kier molecular flexibility index (Phi) is 5.89. The van der Waals surface area contributed by atoms with Crippen molar-refractivity contribution in [1.29, 1.82) is 0 Å². The summed E-state index contributed by atoms with van der Waals surface area (Å²) < 4.78 is 33.5. The highest BCUT2D eigenvalue weighted by Gasteiger charge is 2.32. The molecule has 1 N–H and O–H groups in total. The quantitative estimate of drug-likeness (QED) is 0.847. The van der Waals surface area contributed by atoms with Gasteiger partial charge in [0.25, 0.3) is 0 Å². The molecule has 3 rings (SSSR count). The number of hydrogen-bond acceptors (Lipinski definition) is 3. The van der Waals surface area contributed by atoms with Gasteiger partial charge in [0.15, 0.2) is 0 Å². The van der Waals surface area contributed by atoms with E-state index >= 15 is 0 Å². The molecule has 27 heavy (non-hydrogen) atoms. The highest BCUT2D eigenvalue weighted by Crippen LogP contribution is 2.25. The van der Waals surface area contributed by atoms with Crippen molar-refractivity contribution in [2.45, 2.75) is 32.2 Å². The lowest BCUT2D eigenvalue weighted by molar-refractivity contribution is -0.917. The fraction of sp³-hybridized carbons (Fsp3) is 0.429. The SMILES string of the molecule is COc1ccccc1C[NH+]1CCN(S(=O)(=O)c2c(C)cc(C)cc2C)CC1. The van der Waals surface area contributed by atoms with Gasteiger partial charge in [0, 0.05) is 5.56 Å². The van der Waals surface area contributed by atoms with Gasteiger partial charge in [-0.05, 0) is 44.0 Å². The Morgan fingerprint density at radius 3 is 2.22 bits per heavy atom. The molecule has 146 valence electrons. The molecular weight excluding hydrogens is 360 g/mol. The van der Waals surface area contributed by atoms with E-state index < -0.39 is 10.0 Å². The number of para-hydroxylation sites is 1. The van der Waals surface area contributed by atoms with E-state index in [1.165, 1.54) is 4.90 Å². The lowest BCUT2D eigenvalue weighted by Crippen LogP contribution is -3.13. The standard InChI is InChI=1S/C21H28N2O3S/c1-16-13-17(2)21(18(3)14-16)27(24,25)23-11-9-22(10-12-23)15-19-7-5-6-8-20(19)26-4/h5-8,13-14H,9-12,15H2,1-4H3/p+1. The molecule has 1 saturated heterocycles. The highest BCUT2D eigenvalue weighted by atomic mass is 32.2. The maximum absolute atomic E-state index is 13.2. The number of hydrogen-bond donors (Lipinski definition) is 1. The number of nitrogens with zero attached hydrogens (tertiary/aromatic N) is 1. The normalized spacial score (nSPS) is 16.4. The summed E-state index contributed by atoms with van der Waals surface area (Å²) in [5.74, 6) is 0.894. The van der Waals surface area contributed by atoms with E-state index in [1.807, 2.05) is 51.1 Å². The number of quaternary nitrogens is 1. The van der Waals surface area contributed by atoms with Crippen LogP contribution in [0.15, 0.2) is 41.3 Å². The van der Waals surface area contributed by atoms with Crippen LogP contribution in [-0.2, 0) is 16.6 Å². The van der Waals surface area contributed by atoms with Crippen LogP contribution in [-0.4, -0.2) is 46.0 Å². The lowest BCUT2D eigenvalue weighted by atomic mass is 10.1. The van der Waals surface area contributed by atoms with E-state index in [1.54, 1.807) is 11.4 Å². The van der Waals surface area contributed by atoms with Gasteiger partial charge in [0.2, 0.25) is 10.0 Å². The summed E-state index contributed by atoms with van der Waals surface area (Å²) in [5.41, 5.74) is 3.92. The minimum atomic E-state index is -3.45. The van der Waals surface area contributed by atoms with E-state index in [0.717, 1.165) is 47.6 Å². The topological polar surface area (TPSA) is 51.1 Å². The average Bonchev–Trinajstić information content (AvgIpc) is 2.61. The molecule has 0 spiro atoms. The van der Waals surface area contributed by atoms with Crippen LogP contribution in [0.4, 0.5) is 0 Å². The van der Waals surface area contributed by atoms with Crippen molar-refractivity contribution in [1.82, 2.24) is 4.31 Å². The molecule has 2 aromatic carbocycles. The van der Waals surface area contributed by atoms with Crippen molar-refractivity contribution in [3.05, 3.63) is 58.7 Å². The van der Waals surface area contributed by atoms with Crippen LogP contribution in [0.2, 0.25) is 0 Å². The maximum atomic E-state index is 13.2. The first-order valence-electron chi connectivity index (χ1n) is 9.36. The molecule has 0 aliphatic carbocycles. The van der Waals surface area contributed by atoms with Crippen LogP contribution in [0.3, 0.4) is 0 Å². The molecule has 0 bridgehead atoms. The van der Waals surface area contributed by atoms with Gasteiger partial charge in [-0.2, -0.15) is 4.31 Å². The fourth-order valence-corrected chi connectivity index (χ4v) is 5.89. The Morgan fingerprint density at radius 1 is 1.04 bits per heavy atom. The Morgan fingerprint density at radius 2 is 1.63 bits per heavy atom. The van der Waals surface area contributed by atoms with Crippen LogP contribution in [0, 0.1) is 20.8 Å². The van der Waals surface area contributed by atoms with Gasteiger partial charge in [-0.25, -0.2) is 8.42 Å². The summed E-state index contributed by atoms with van der Waals surface area (Å²) in [7, 11) is -1.77. The first kappa shape index (κ1) is 19.9. The van der Waals surface area contributed by atoms with E-state index in [4.69, 9.17) is 4.74 Å². The third kappa shape index (κ3) is 4.18. The van der Waals surface area contributed by atoms with Crippen molar-refractivity contribution in [3.63, 3.8) is 0 Å². The van der Waals surface area contributed by atoms with Gasteiger partial charge < -0.3 is 9.64 Å². The molecule has 0 saturated carbocycles. The zero-order valence-corrected chi connectivity index (χ0v) is 17.4. The number of piperazine rings is 1. The summed E-state index contributed by atoms with van der Waals surface area (Å²) >= 11 is 0. The van der Waals surface area contributed by atoms with Gasteiger partial charge >= 0.3 is 0 Å². The van der Waals surface area contributed by atoms with Crippen molar-refractivity contribution in [2.24, 2.45) is 0 Å². The molecule has 0 amide bonds. The Labute approximate surface area is 162 Å². The summed E-state index contributed by atoms with van der Waals surface area (Å²) in [4.78, 5) is 1.85. The van der Waals surface area contributed by atoms with Crippen LogP contribution in [0.5, 0.6) is 5.75 Å². The molecular formula is C21H29N2O3S+. The molecule has 0 unspecified atom stereocenters. The van der Waals surface area contributed by atoms with E-state index in [2.05, 4.69) is 6.07 Å². The number of nitrogens with one attached hydrogen (secondary N) is 1. The molecule has 0 aromatic heterocycles. The van der Waals surface area contributed by atoms with Crippen molar-refractivity contribution in [2.75, 3.05) is 33.3 Å². The maximum Gasteiger partial charge on any atom is 0.244 e.